The largest absolute Gasteiger partial charge is 0.328 e. The highest BCUT2D eigenvalue weighted by Crippen LogP contribution is 2.33. The molecule has 0 saturated heterocycles. The number of nitrogens with zero attached hydrogens (tertiary/aromatic N) is 2. The second-order valence-corrected chi connectivity index (χ2v) is 9.36. The van der Waals surface area contributed by atoms with Crippen LogP contribution in [0.3, 0.4) is 0 Å². The predicted molar refractivity (Wildman–Crippen MR) is 122 cm³/mol. The van der Waals surface area contributed by atoms with E-state index in [0.29, 0.717) is 9.88 Å². The molecule has 0 spiro atoms. The Bertz CT molecular complexity index is 984. The summed E-state index contributed by atoms with van der Waals surface area (Å²) in [5.74, 6) is -0.181. The molecule has 0 aliphatic rings. The molecule has 1 N–H and O–H groups in total. The Kier molecular flexibility index (Phi) is 6.37. The van der Waals surface area contributed by atoms with Crippen LogP contribution in [0.1, 0.15) is 53.3 Å². The number of thiophene rings is 1. The van der Waals surface area contributed by atoms with Gasteiger partial charge in [0, 0.05) is 18.7 Å². The van der Waals surface area contributed by atoms with Crippen molar-refractivity contribution in [2.45, 2.75) is 33.7 Å². The van der Waals surface area contributed by atoms with Crippen LogP contribution in [-0.2, 0) is 4.79 Å². The van der Waals surface area contributed by atoms with Crippen molar-refractivity contribution in [2.24, 2.45) is 5.41 Å². The maximum absolute atomic E-state index is 13.4. The van der Waals surface area contributed by atoms with Crippen molar-refractivity contribution in [1.82, 2.24) is 9.88 Å². The molecule has 0 radical (unpaired) electrons. The minimum absolute atomic E-state index is 0.0771. The molecule has 6 heteroatoms. The van der Waals surface area contributed by atoms with Gasteiger partial charge in [-0.25, -0.2) is 0 Å². The van der Waals surface area contributed by atoms with E-state index < -0.39 is 5.41 Å². The number of aryl methyl sites for hydroxylation is 1. The van der Waals surface area contributed by atoms with Gasteiger partial charge in [0.25, 0.3) is 5.91 Å². The summed E-state index contributed by atoms with van der Waals surface area (Å²) >= 11 is 1.30. The van der Waals surface area contributed by atoms with Crippen molar-refractivity contribution in [3.8, 4) is 0 Å². The van der Waals surface area contributed by atoms with Crippen molar-refractivity contribution in [2.75, 3.05) is 12.4 Å². The summed E-state index contributed by atoms with van der Waals surface area (Å²) < 4.78 is 0. The van der Waals surface area contributed by atoms with Crippen molar-refractivity contribution < 1.29 is 9.59 Å². The number of amides is 2. The normalized spacial score (nSPS) is 12.3. The Morgan fingerprint density at radius 3 is 2.33 bits per heavy atom. The van der Waals surface area contributed by atoms with Crippen LogP contribution in [0.15, 0.2) is 60.8 Å². The lowest BCUT2D eigenvalue weighted by atomic mass is 9.96. The van der Waals surface area contributed by atoms with Gasteiger partial charge in [0.15, 0.2) is 0 Å². The molecule has 0 fully saturated rings. The maximum Gasteiger partial charge on any atom is 0.264 e. The molecule has 0 aliphatic heterocycles. The maximum atomic E-state index is 13.4. The van der Waals surface area contributed by atoms with Gasteiger partial charge in [0.1, 0.15) is 0 Å². The van der Waals surface area contributed by atoms with Crippen LogP contribution in [0.5, 0.6) is 0 Å². The molecule has 2 amide bonds. The lowest BCUT2D eigenvalue weighted by Crippen LogP contribution is -2.32. The third kappa shape index (κ3) is 4.76. The summed E-state index contributed by atoms with van der Waals surface area (Å²) in [5, 5.41) is 3.60. The molecule has 5 nitrogen and oxygen atoms in total. The van der Waals surface area contributed by atoms with Gasteiger partial charge in [0.2, 0.25) is 5.91 Å². The van der Waals surface area contributed by atoms with Crippen molar-refractivity contribution in [1.29, 1.82) is 0 Å². The molecule has 156 valence electrons. The molecule has 0 bridgehead atoms. The predicted octanol–water partition coefficient (Wildman–Crippen LogP) is 5.30. The highest BCUT2D eigenvalue weighted by Gasteiger charge is 2.28. The van der Waals surface area contributed by atoms with Crippen molar-refractivity contribution in [3.63, 3.8) is 0 Å². The van der Waals surface area contributed by atoms with E-state index in [1.165, 1.54) is 11.3 Å². The molecule has 30 heavy (non-hydrogen) atoms. The Hall–Kier alpha value is -2.99. The van der Waals surface area contributed by atoms with E-state index in [9.17, 15) is 9.59 Å². The number of carbonyl (C=O) groups is 2. The number of benzene rings is 1. The van der Waals surface area contributed by atoms with Crippen molar-refractivity contribution in [3.05, 3.63) is 82.5 Å². The zero-order valence-electron chi connectivity index (χ0n) is 18.0. The molecule has 3 rings (SSSR count). The van der Waals surface area contributed by atoms with E-state index in [-0.39, 0.29) is 17.9 Å². The topological polar surface area (TPSA) is 62.3 Å². The van der Waals surface area contributed by atoms with Crippen LogP contribution in [0.4, 0.5) is 5.00 Å². The Morgan fingerprint density at radius 1 is 1.07 bits per heavy atom. The number of hydrogen-bond acceptors (Lipinski definition) is 4. The summed E-state index contributed by atoms with van der Waals surface area (Å²) in [6, 6.07) is 17.1. The minimum atomic E-state index is -0.504. The van der Waals surface area contributed by atoms with Gasteiger partial charge in [-0.1, -0.05) is 57.2 Å². The third-order valence-electron chi connectivity index (χ3n) is 4.82. The summed E-state index contributed by atoms with van der Waals surface area (Å²) in [6.07, 6.45) is 1.74. The fraction of sp³-hybridized carbons (Fsp3) is 0.292. The molecule has 1 aromatic carbocycles. The highest BCUT2D eigenvalue weighted by atomic mass is 32.1. The minimum Gasteiger partial charge on any atom is -0.328 e. The zero-order valence-corrected chi connectivity index (χ0v) is 18.8. The van der Waals surface area contributed by atoms with E-state index in [1.54, 1.807) is 18.1 Å². The standard InChI is InChI=1S/C24H27N3O2S/c1-16-15-19(26-23(29)24(2,3)4)30-21(16)22(28)27(5)20(17-11-7-6-8-12-17)18-13-9-10-14-25-18/h6-15,20H,1-5H3,(H,26,29). The first-order valence-corrected chi connectivity index (χ1v) is 10.6. The van der Waals surface area contributed by atoms with Gasteiger partial charge in [-0.05, 0) is 36.2 Å². The number of nitrogens with one attached hydrogen (secondary N) is 1. The Labute approximate surface area is 181 Å². The number of pyridine rings is 1. The second-order valence-electron chi connectivity index (χ2n) is 8.31. The molecule has 1 atom stereocenters. The van der Waals surface area contributed by atoms with Gasteiger partial charge in [0.05, 0.1) is 21.6 Å². The van der Waals surface area contributed by atoms with E-state index in [0.717, 1.165) is 16.8 Å². The van der Waals surface area contributed by atoms with E-state index in [2.05, 4.69) is 10.3 Å². The molecule has 0 saturated carbocycles. The number of anilines is 1. The SMILES string of the molecule is Cc1cc(NC(=O)C(C)(C)C)sc1C(=O)N(C)C(c1ccccc1)c1ccccn1. The van der Waals surface area contributed by atoms with Crippen LogP contribution in [0, 0.1) is 12.3 Å². The zero-order chi connectivity index (χ0) is 21.9. The first kappa shape index (κ1) is 21.7. The highest BCUT2D eigenvalue weighted by molar-refractivity contribution is 7.18. The summed E-state index contributed by atoms with van der Waals surface area (Å²) in [6.45, 7) is 7.47. The van der Waals surface area contributed by atoms with Crippen LogP contribution >= 0.6 is 11.3 Å². The van der Waals surface area contributed by atoms with Gasteiger partial charge in [-0.15, -0.1) is 11.3 Å². The number of hydrogen-bond donors (Lipinski definition) is 1. The monoisotopic (exact) mass is 421 g/mol. The lowest BCUT2D eigenvalue weighted by Gasteiger charge is -2.28. The summed E-state index contributed by atoms with van der Waals surface area (Å²) in [5.41, 5.74) is 2.13. The molecule has 3 aromatic rings. The molecule has 2 aromatic heterocycles. The van der Waals surface area contributed by atoms with E-state index in [4.69, 9.17) is 0 Å². The van der Waals surface area contributed by atoms with Crippen molar-refractivity contribution >= 4 is 28.2 Å². The fourth-order valence-electron chi connectivity index (χ4n) is 3.10. The van der Waals surface area contributed by atoms with Gasteiger partial charge in [-0.3, -0.25) is 14.6 Å². The first-order chi connectivity index (χ1) is 14.2. The van der Waals surface area contributed by atoms with E-state index in [1.807, 2.05) is 82.3 Å². The third-order valence-corrected chi connectivity index (χ3v) is 5.96. The van der Waals surface area contributed by atoms with Gasteiger partial charge < -0.3 is 10.2 Å². The summed E-state index contributed by atoms with van der Waals surface area (Å²) in [7, 11) is 1.79. The molecule has 1 unspecified atom stereocenters. The van der Waals surface area contributed by atoms with Gasteiger partial charge in [-0.2, -0.15) is 0 Å². The van der Waals surface area contributed by atoms with Crippen LogP contribution < -0.4 is 5.32 Å². The van der Waals surface area contributed by atoms with Crippen LogP contribution in [-0.4, -0.2) is 28.7 Å². The molecular weight excluding hydrogens is 394 g/mol. The molecule has 0 aliphatic carbocycles. The Balaban J connectivity index is 1.92. The number of aromatic nitrogens is 1. The van der Waals surface area contributed by atoms with Crippen LogP contribution in [0.2, 0.25) is 0 Å². The smallest absolute Gasteiger partial charge is 0.264 e. The van der Waals surface area contributed by atoms with Gasteiger partial charge >= 0.3 is 0 Å². The quantitative estimate of drug-likeness (QED) is 0.608. The molecule has 2 heterocycles. The van der Waals surface area contributed by atoms with Crippen LogP contribution in [0.25, 0.3) is 0 Å². The second kappa shape index (κ2) is 8.79. The van der Waals surface area contributed by atoms with E-state index >= 15 is 0 Å². The summed E-state index contributed by atoms with van der Waals surface area (Å²) in [4.78, 5) is 32.6. The number of rotatable bonds is 5. The number of carbonyl (C=O) groups excluding carboxylic acids is 2. The Morgan fingerprint density at radius 2 is 1.73 bits per heavy atom. The first-order valence-electron chi connectivity index (χ1n) is 9.83. The lowest BCUT2D eigenvalue weighted by molar-refractivity contribution is -0.123. The molecular formula is C24H27N3O2S. The average Bonchev–Trinajstić information content (AvgIpc) is 3.08. The fourth-order valence-corrected chi connectivity index (χ4v) is 4.15. The average molecular weight is 422 g/mol.